The SMILES string of the molecule is OC1=CCC2CC1CCC21OCCO1.[Ir]. The Bertz CT molecular complexity index is 271. The molecule has 2 bridgehead atoms. The van der Waals surface area contributed by atoms with Crippen LogP contribution in [-0.4, -0.2) is 24.1 Å². The minimum atomic E-state index is -0.298. The van der Waals surface area contributed by atoms with Crippen LogP contribution in [0, 0.1) is 11.8 Å². The number of rotatable bonds is 0. The van der Waals surface area contributed by atoms with Gasteiger partial charge in [-0.15, -0.1) is 0 Å². The molecule has 1 spiro atoms. The largest absolute Gasteiger partial charge is 0.512 e. The second-order valence-electron chi connectivity index (χ2n) is 4.54. The van der Waals surface area contributed by atoms with Gasteiger partial charge in [-0.05, 0) is 25.3 Å². The van der Waals surface area contributed by atoms with E-state index >= 15 is 0 Å². The summed E-state index contributed by atoms with van der Waals surface area (Å²) in [6.45, 7) is 1.47. The van der Waals surface area contributed by atoms with Crippen LogP contribution in [0.2, 0.25) is 0 Å². The second kappa shape index (κ2) is 4.17. The fourth-order valence-corrected chi connectivity index (χ4v) is 3.05. The van der Waals surface area contributed by atoms with Crippen molar-refractivity contribution in [1.82, 2.24) is 0 Å². The molecule has 3 rings (SSSR count). The standard InChI is InChI=1S/C11H16O3.Ir/c12-10-2-1-9-7-8(10)3-4-11(9)13-5-6-14-11;/h2,8-9,12H,1,3-7H2;. The van der Waals surface area contributed by atoms with E-state index in [0.29, 0.717) is 17.6 Å². The summed E-state index contributed by atoms with van der Waals surface area (Å²) in [5.41, 5.74) is 0. The molecule has 1 saturated heterocycles. The molecule has 2 fully saturated rings. The summed E-state index contributed by atoms with van der Waals surface area (Å²) in [5, 5.41) is 9.63. The van der Waals surface area contributed by atoms with E-state index in [9.17, 15) is 5.11 Å². The van der Waals surface area contributed by atoms with E-state index in [4.69, 9.17) is 9.47 Å². The molecule has 1 radical (unpaired) electrons. The number of aliphatic hydroxyl groups is 1. The van der Waals surface area contributed by atoms with Crippen molar-refractivity contribution in [2.75, 3.05) is 13.2 Å². The monoisotopic (exact) mass is 389 g/mol. The first kappa shape index (κ1) is 11.6. The van der Waals surface area contributed by atoms with Crippen LogP contribution in [-0.2, 0) is 29.6 Å². The van der Waals surface area contributed by atoms with E-state index in [-0.39, 0.29) is 25.9 Å². The van der Waals surface area contributed by atoms with Crippen molar-refractivity contribution in [3.05, 3.63) is 11.8 Å². The van der Waals surface area contributed by atoms with Gasteiger partial charge in [0.25, 0.3) is 0 Å². The summed E-state index contributed by atoms with van der Waals surface area (Å²) >= 11 is 0. The third kappa shape index (κ3) is 1.78. The van der Waals surface area contributed by atoms with E-state index in [2.05, 4.69) is 0 Å². The molecule has 1 heterocycles. The maximum atomic E-state index is 9.63. The number of hydrogen-bond donors (Lipinski definition) is 1. The summed E-state index contributed by atoms with van der Waals surface area (Å²) in [4.78, 5) is 0. The van der Waals surface area contributed by atoms with E-state index in [1.54, 1.807) is 0 Å². The minimum absolute atomic E-state index is 0. The number of aliphatic hydroxyl groups excluding tert-OH is 1. The van der Waals surface area contributed by atoms with Gasteiger partial charge in [0.15, 0.2) is 5.79 Å². The van der Waals surface area contributed by atoms with E-state index in [1.807, 2.05) is 6.08 Å². The van der Waals surface area contributed by atoms with Crippen LogP contribution in [0.15, 0.2) is 11.8 Å². The fraction of sp³-hybridized carbons (Fsp3) is 0.818. The van der Waals surface area contributed by atoms with Gasteiger partial charge < -0.3 is 14.6 Å². The first-order chi connectivity index (χ1) is 6.80. The van der Waals surface area contributed by atoms with E-state index in [1.165, 1.54) is 0 Å². The number of allylic oxidation sites excluding steroid dienone is 2. The van der Waals surface area contributed by atoms with Gasteiger partial charge >= 0.3 is 0 Å². The van der Waals surface area contributed by atoms with Crippen LogP contribution >= 0.6 is 0 Å². The zero-order chi connectivity index (χ0) is 9.60. The van der Waals surface area contributed by atoms with E-state index < -0.39 is 0 Å². The Labute approximate surface area is 103 Å². The average molecular weight is 388 g/mol. The maximum Gasteiger partial charge on any atom is 0.171 e. The molecule has 2 aliphatic carbocycles. The second-order valence-corrected chi connectivity index (χ2v) is 4.54. The molecule has 4 heteroatoms. The molecule has 15 heavy (non-hydrogen) atoms. The quantitative estimate of drug-likeness (QED) is 0.690. The Kier molecular flexibility index (Phi) is 3.22. The number of ether oxygens (including phenoxy) is 2. The molecule has 2 atom stereocenters. The molecule has 3 nitrogen and oxygen atoms in total. The van der Waals surface area contributed by atoms with Gasteiger partial charge in [0.1, 0.15) is 0 Å². The molecule has 2 unspecified atom stereocenters. The van der Waals surface area contributed by atoms with Crippen molar-refractivity contribution in [3.63, 3.8) is 0 Å². The molecule has 0 aromatic carbocycles. The van der Waals surface area contributed by atoms with Crippen LogP contribution in [0.25, 0.3) is 0 Å². The molecular formula is C11H16IrO3. The fourth-order valence-electron chi connectivity index (χ4n) is 3.05. The summed E-state index contributed by atoms with van der Waals surface area (Å²) in [6, 6.07) is 0. The molecule has 0 aromatic heterocycles. The predicted octanol–water partition coefficient (Wildman–Crippen LogP) is 1.99. The normalized spacial score (nSPS) is 37.2. The summed E-state index contributed by atoms with van der Waals surface area (Å²) in [5.74, 6) is 1.12. The predicted molar refractivity (Wildman–Crippen MR) is 50.8 cm³/mol. The Morgan fingerprint density at radius 1 is 1.33 bits per heavy atom. The van der Waals surface area contributed by atoms with E-state index in [0.717, 1.165) is 38.9 Å². The number of hydrogen-bond acceptors (Lipinski definition) is 3. The Morgan fingerprint density at radius 3 is 2.80 bits per heavy atom. The van der Waals surface area contributed by atoms with Gasteiger partial charge in [-0.25, -0.2) is 0 Å². The van der Waals surface area contributed by atoms with Crippen molar-refractivity contribution < 1.29 is 34.7 Å². The van der Waals surface area contributed by atoms with Crippen LogP contribution in [0.1, 0.15) is 25.7 Å². The van der Waals surface area contributed by atoms with Crippen LogP contribution in [0.3, 0.4) is 0 Å². The molecule has 3 aliphatic rings. The van der Waals surface area contributed by atoms with Gasteiger partial charge in [-0.2, -0.15) is 0 Å². The topological polar surface area (TPSA) is 38.7 Å². The van der Waals surface area contributed by atoms with Crippen molar-refractivity contribution in [1.29, 1.82) is 0 Å². The molecule has 0 amide bonds. The molecular weight excluding hydrogens is 372 g/mol. The maximum absolute atomic E-state index is 9.63. The van der Waals surface area contributed by atoms with Crippen LogP contribution in [0.4, 0.5) is 0 Å². The van der Waals surface area contributed by atoms with Gasteiger partial charge in [0, 0.05) is 38.4 Å². The third-order valence-electron chi connectivity index (χ3n) is 3.84. The van der Waals surface area contributed by atoms with Gasteiger partial charge in [-0.3, -0.25) is 0 Å². The summed E-state index contributed by atoms with van der Waals surface area (Å²) in [7, 11) is 0. The molecule has 1 N–H and O–H groups in total. The van der Waals surface area contributed by atoms with Crippen LogP contribution < -0.4 is 0 Å². The van der Waals surface area contributed by atoms with Crippen molar-refractivity contribution in [2.24, 2.45) is 11.8 Å². The smallest absolute Gasteiger partial charge is 0.171 e. The minimum Gasteiger partial charge on any atom is -0.512 e. The first-order valence-electron chi connectivity index (χ1n) is 5.47. The Hall–Kier alpha value is 0.109. The summed E-state index contributed by atoms with van der Waals surface area (Å²) in [6.07, 6.45) is 5.83. The zero-order valence-electron chi connectivity index (χ0n) is 8.57. The zero-order valence-corrected chi connectivity index (χ0v) is 11.0. The van der Waals surface area contributed by atoms with Gasteiger partial charge in [0.2, 0.25) is 0 Å². The molecule has 87 valence electrons. The third-order valence-corrected chi connectivity index (χ3v) is 3.84. The molecule has 0 aromatic rings. The van der Waals surface area contributed by atoms with Crippen LogP contribution in [0.5, 0.6) is 0 Å². The average Bonchev–Trinajstić information content (AvgIpc) is 2.66. The number of fused-ring (bicyclic) bond motifs is 3. The van der Waals surface area contributed by atoms with Crippen molar-refractivity contribution in [3.8, 4) is 0 Å². The van der Waals surface area contributed by atoms with Crippen molar-refractivity contribution >= 4 is 0 Å². The first-order valence-corrected chi connectivity index (χ1v) is 5.47. The molecule has 1 aliphatic heterocycles. The van der Waals surface area contributed by atoms with Gasteiger partial charge in [0.05, 0.1) is 19.0 Å². The van der Waals surface area contributed by atoms with Crippen molar-refractivity contribution in [2.45, 2.75) is 31.5 Å². The molecule has 1 saturated carbocycles. The Morgan fingerprint density at radius 2 is 2.07 bits per heavy atom. The Balaban J connectivity index is 0.000000853. The summed E-state index contributed by atoms with van der Waals surface area (Å²) < 4.78 is 11.5. The van der Waals surface area contributed by atoms with Gasteiger partial charge in [-0.1, -0.05) is 0 Å².